The number of benzene rings is 2. The first-order valence-corrected chi connectivity index (χ1v) is 11.5. The van der Waals surface area contributed by atoms with Gasteiger partial charge in [0.15, 0.2) is 23.1 Å². The van der Waals surface area contributed by atoms with E-state index in [1.165, 1.54) is 6.07 Å². The number of nitrogens with zero attached hydrogens (tertiary/aromatic N) is 4. The van der Waals surface area contributed by atoms with Gasteiger partial charge in [0.25, 0.3) is 0 Å². The van der Waals surface area contributed by atoms with Crippen molar-refractivity contribution in [2.45, 2.75) is 19.5 Å². The predicted octanol–water partition coefficient (Wildman–Crippen LogP) is 3.53. The Hall–Kier alpha value is -3.43. The second-order valence-corrected chi connectivity index (χ2v) is 8.53. The highest BCUT2D eigenvalue weighted by Gasteiger charge is 2.27. The number of hydrogen-bond acceptors (Lipinski definition) is 8. The highest BCUT2D eigenvalue weighted by molar-refractivity contribution is 5.46. The molecule has 0 bridgehead atoms. The summed E-state index contributed by atoms with van der Waals surface area (Å²) in [5.41, 5.74) is 2.98. The molecular formula is C25H25FN4O4. The Balaban J connectivity index is 1.29. The molecule has 1 aromatic heterocycles. The molecular weight excluding hydrogens is 439 g/mol. The van der Waals surface area contributed by atoms with Crippen LogP contribution in [0.25, 0.3) is 0 Å². The van der Waals surface area contributed by atoms with Crippen molar-refractivity contribution in [1.29, 1.82) is 0 Å². The molecule has 0 aliphatic carbocycles. The zero-order valence-corrected chi connectivity index (χ0v) is 18.7. The summed E-state index contributed by atoms with van der Waals surface area (Å²) in [7, 11) is 0. The smallest absolute Gasteiger partial charge is 0.231 e. The van der Waals surface area contributed by atoms with Gasteiger partial charge in [-0.2, -0.15) is 4.98 Å². The molecule has 1 fully saturated rings. The van der Waals surface area contributed by atoms with Crippen molar-refractivity contribution in [3.63, 3.8) is 0 Å². The number of fused-ring (bicyclic) bond motifs is 2. The van der Waals surface area contributed by atoms with Gasteiger partial charge >= 0.3 is 0 Å². The minimum absolute atomic E-state index is 0.157. The van der Waals surface area contributed by atoms with E-state index in [2.05, 4.69) is 15.9 Å². The molecule has 0 saturated carbocycles. The molecule has 8 nitrogen and oxygen atoms in total. The molecule has 9 heteroatoms. The summed E-state index contributed by atoms with van der Waals surface area (Å²) in [5, 5.41) is 0. The van der Waals surface area contributed by atoms with E-state index in [1.807, 2.05) is 12.1 Å². The lowest BCUT2D eigenvalue weighted by atomic mass is 10.1. The molecule has 6 rings (SSSR count). The minimum atomic E-state index is -0.421. The van der Waals surface area contributed by atoms with E-state index in [0.717, 1.165) is 47.8 Å². The van der Waals surface area contributed by atoms with Gasteiger partial charge in [-0.15, -0.1) is 0 Å². The summed E-state index contributed by atoms with van der Waals surface area (Å²) < 4.78 is 36.9. The number of aromatic nitrogens is 2. The van der Waals surface area contributed by atoms with Crippen molar-refractivity contribution in [2.24, 2.45) is 0 Å². The van der Waals surface area contributed by atoms with Gasteiger partial charge in [0, 0.05) is 39.1 Å². The van der Waals surface area contributed by atoms with Gasteiger partial charge in [-0.1, -0.05) is 18.2 Å². The molecule has 0 unspecified atom stereocenters. The van der Waals surface area contributed by atoms with E-state index in [1.54, 1.807) is 18.2 Å². The molecule has 2 aromatic carbocycles. The van der Waals surface area contributed by atoms with E-state index in [0.29, 0.717) is 44.7 Å². The SMILES string of the molecule is Fc1ccccc1Oc1nc(N2CCOCC2)nc2c1CN(Cc1ccc3c(c1)OCO3)CC2. The van der Waals surface area contributed by atoms with Gasteiger partial charge < -0.3 is 23.8 Å². The summed E-state index contributed by atoms with van der Waals surface area (Å²) in [6, 6.07) is 12.4. The van der Waals surface area contributed by atoms with Gasteiger partial charge in [-0.3, -0.25) is 4.90 Å². The Bertz CT molecular complexity index is 1200. The van der Waals surface area contributed by atoms with Crippen molar-refractivity contribution >= 4 is 5.95 Å². The minimum Gasteiger partial charge on any atom is -0.454 e. The molecule has 0 radical (unpaired) electrons. The predicted molar refractivity (Wildman–Crippen MR) is 122 cm³/mol. The van der Waals surface area contributed by atoms with E-state index in [-0.39, 0.29) is 12.5 Å². The number of ether oxygens (including phenoxy) is 4. The molecule has 0 atom stereocenters. The van der Waals surface area contributed by atoms with Gasteiger partial charge in [0.2, 0.25) is 18.6 Å². The summed E-state index contributed by atoms with van der Waals surface area (Å²) >= 11 is 0. The number of hydrogen-bond donors (Lipinski definition) is 0. The van der Waals surface area contributed by atoms with Crippen LogP contribution in [-0.2, 0) is 24.2 Å². The van der Waals surface area contributed by atoms with Crippen LogP contribution in [0.5, 0.6) is 23.1 Å². The third kappa shape index (κ3) is 4.24. The van der Waals surface area contributed by atoms with Crippen LogP contribution >= 0.6 is 0 Å². The van der Waals surface area contributed by atoms with Crippen LogP contribution < -0.4 is 19.1 Å². The monoisotopic (exact) mass is 464 g/mol. The first kappa shape index (κ1) is 21.1. The van der Waals surface area contributed by atoms with Gasteiger partial charge in [-0.25, -0.2) is 9.37 Å². The van der Waals surface area contributed by atoms with Crippen LogP contribution in [0.1, 0.15) is 16.8 Å². The summed E-state index contributed by atoms with van der Waals surface area (Å²) in [4.78, 5) is 14.0. The van der Waals surface area contributed by atoms with Crippen LogP contribution in [0.15, 0.2) is 42.5 Å². The molecule has 34 heavy (non-hydrogen) atoms. The summed E-state index contributed by atoms with van der Waals surface area (Å²) in [5.74, 6) is 2.30. The van der Waals surface area contributed by atoms with Crippen molar-refractivity contribution in [3.05, 3.63) is 65.1 Å². The van der Waals surface area contributed by atoms with Crippen molar-refractivity contribution in [1.82, 2.24) is 14.9 Å². The zero-order chi connectivity index (χ0) is 22.9. The average molecular weight is 464 g/mol. The lowest BCUT2D eigenvalue weighted by molar-refractivity contribution is 0.122. The highest BCUT2D eigenvalue weighted by atomic mass is 19.1. The normalized spacial score (nSPS) is 17.5. The fourth-order valence-corrected chi connectivity index (χ4v) is 4.48. The number of anilines is 1. The van der Waals surface area contributed by atoms with Crippen molar-refractivity contribution < 1.29 is 23.3 Å². The lowest BCUT2D eigenvalue weighted by Crippen LogP contribution is -2.38. The van der Waals surface area contributed by atoms with E-state index >= 15 is 0 Å². The fraction of sp³-hybridized carbons (Fsp3) is 0.360. The zero-order valence-electron chi connectivity index (χ0n) is 18.7. The first-order chi connectivity index (χ1) is 16.7. The maximum Gasteiger partial charge on any atom is 0.231 e. The van der Waals surface area contributed by atoms with E-state index in [9.17, 15) is 4.39 Å². The largest absolute Gasteiger partial charge is 0.454 e. The number of morpholine rings is 1. The van der Waals surface area contributed by atoms with E-state index in [4.69, 9.17) is 28.9 Å². The summed E-state index contributed by atoms with van der Waals surface area (Å²) in [6.07, 6.45) is 0.757. The molecule has 4 heterocycles. The van der Waals surface area contributed by atoms with Gasteiger partial charge in [0.05, 0.1) is 24.5 Å². The van der Waals surface area contributed by atoms with Crippen LogP contribution in [0, 0.1) is 5.82 Å². The fourth-order valence-electron chi connectivity index (χ4n) is 4.48. The molecule has 176 valence electrons. The van der Waals surface area contributed by atoms with Crippen LogP contribution in [0.3, 0.4) is 0 Å². The van der Waals surface area contributed by atoms with Gasteiger partial charge in [0.1, 0.15) is 0 Å². The molecule has 3 aromatic rings. The maximum absolute atomic E-state index is 14.4. The first-order valence-electron chi connectivity index (χ1n) is 11.5. The number of halogens is 1. The standard InChI is InChI=1S/C25H25FN4O4/c26-19-3-1-2-4-21(19)34-24-18-15-29(14-17-5-6-22-23(13-17)33-16-32-22)8-7-20(18)27-25(28-24)30-9-11-31-12-10-30/h1-6,13H,7-12,14-16H2. The Kier molecular flexibility index (Phi) is 5.64. The Morgan fingerprint density at radius 2 is 1.82 bits per heavy atom. The maximum atomic E-state index is 14.4. The third-order valence-electron chi connectivity index (χ3n) is 6.27. The summed E-state index contributed by atoms with van der Waals surface area (Å²) in [6.45, 7) is 5.15. The van der Waals surface area contributed by atoms with Crippen LogP contribution in [0.2, 0.25) is 0 Å². The van der Waals surface area contributed by atoms with Crippen LogP contribution in [0.4, 0.5) is 10.3 Å². The van der Waals surface area contributed by atoms with Gasteiger partial charge in [-0.05, 0) is 29.8 Å². The Morgan fingerprint density at radius 3 is 2.71 bits per heavy atom. The second kappa shape index (κ2) is 9.08. The third-order valence-corrected chi connectivity index (χ3v) is 6.27. The Labute approximate surface area is 196 Å². The molecule has 3 aliphatic heterocycles. The lowest BCUT2D eigenvalue weighted by Gasteiger charge is -2.32. The van der Waals surface area contributed by atoms with Crippen molar-refractivity contribution in [3.8, 4) is 23.1 Å². The molecule has 0 spiro atoms. The van der Waals surface area contributed by atoms with Crippen molar-refractivity contribution in [2.75, 3.05) is 44.5 Å². The number of para-hydroxylation sites is 1. The molecule has 0 amide bonds. The topological polar surface area (TPSA) is 69.2 Å². The molecule has 1 saturated heterocycles. The Morgan fingerprint density at radius 1 is 0.971 bits per heavy atom. The number of rotatable bonds is 5. The molecule has 3 aliphatic rings. The quantitative estimate of drug-likeness (QED) is 0.568. The highest BCUT2D eigenvalue weighted by Crippen LogP contribution is 2.35. The molecule has 0 N–H and O–H groups in total. The average Bonchev–Trinajstić information content (AvgIpc) is 3.34. The van der Waals surface area contributed by atoms with E-state index < -0.39 is 5.82 Å². The van der Waals surface area contributed by atoms with Crippen LogP contribution in [-0.4, -0.2) is 54.5 Å². The second-order valence-electron chi connectivity index (χ2n) is 8.53.